The van der Waals surface area contributed by atoms with Crippen molar-refractivity contribution in [1.82, 2.24) is 0 Å². The molecule has 0 aliphatic rings. The average molecular weight is 234 g/mol. The summed E-state index contributed by atoms with van der Waals surface area (Å²) in [6, 6.07) is 0. The first kappa shape index (κ1) is 14.8. The summed E-state index contributed by atoms with van der Waals surface area (Å²) < 4.78 is 21.9. The summed E-state index contributed by atoms with van der Waals surface area (Å²) in [7, 11) is -0.817. The Labute approximate surface area is 94.5 Å². The van der Waals surface area contributed by atoms with Crippen LogP contribution in [0.4, 0.5) is 0 Å². The minimum Gasteiger partial charge on any atom is -0.373 e. The lowest BCUT2D eigenvalue weighted by molar-refractivity contribution is -0.358. The molecule has 0 radical (unpaired) electrons. The molecule has 90 valence electrons. The highest BCUT2D eigenvalue weighted by Crippen LogP contribution is 2.15. The first-order valence-electron chi connectivity index (χ1n) is 5.35. The van der Waals surface area contributed by atoms with E-state index in [0.29, 0.717) is 26.4 Å². The van der Waals surface area contributed by atoms with E-state index in [4.69, 9.17) is 18.6 Å². The fraction of sp³-hybridized carbons (Fsp3) is 0.800. The van der Waals surface area contributed by atoms with Gasteiger partial charge in [0.1, 0.15) is 6.61 Å². The molecule has 0 rings (SSSR count). The van der Waals surface area contributed by atoms with Gasteiger partial charge in [0.2, 0.25) is 0 Å². The molecule has 0 amide bonds. The fourth-order valence-corrected chi connectivity index (χ4v) is 1.72. The van der Waals surface area contributed by atoms with Gasteiger partial charge in [-0.2, -0.15) is 0 Å². The third-order valence-electron chi connectivity index (χ3n) is 1.63. The Morgan fingerprint density at radius 2 is 1.73 bits per heavy atom. The quantitative estimate of drug-likeness (QED) is 0.417. The van der Waals surface area contributed by atoms with Crippen molar-refractivity contribution in [1.29, 1.82) is 0 Å². The van der Waals surface area contributed by atoms with Gasteiger partial charge in [-0.1, -0.05) is 5.70 Å². The lowest BCUT2D eigenvalue weighted by Gasteiger charge is -2.32. The van der Waals surface area contributed by atoms with Crippen LogP contribution >= 0.6 is 0 Å². The van der Waals surface area contributed by atoms with Gasteiger partial charge in [0.05, 0.1) is 0 Å². The van der Waals surface area contributed by atoms with Crippen LogP contribution in [0.2, 0.25) is 0 Å². The summed E-state index contributed by atoms with van der Waals surface area (Å²) in [6.07, 6.45) is 0. The van der Waals surface area contributed by atoms with Crippen molar-refractivity contribution in [2.24, 2.45) is 0 Å². The Kier molecular flexibility index (Phi) is 8.93. The van der Waals surface area contributed by atoms with Gasteiger partial charge in [-0.15, -0.1) is 6.58 Å². The Morgan fingerprint density at radius 1 is 1.13 bits per heavy atom. The summed E-state index contributed by atoms with van der Waals surface area (Å²) in [5.41, 5.74) is 1.79. The van der Waals surface area contributed by atoms with Crippen LogP contribution in [0.15, 0.2) is 12.3 Å². The number of hydrogen-bond acceptors (Lipinski definition) is 4. The van der Waals surface area contributed by atoms with Crippen LogP contribution in [-0.2, 0) is 18.6 Å². The first-order valence-corrected chi connectivity index (χ1v) is 6.74. The standard InChI is InChI=1S/C10H22O4Si/c1-5-11-9-10(12-6-2,13-7-3)14-15-8-4/h8H,4-7,9,15H2,1-3H3. The van der Waals surface area contributed by atoms with Gasteiger partial charge in [0.15, 0.2) is 9.76 Å². The van der Waals surface area contributed by atoms with Crippen LogP contribution < -0.4 is 0 Å². The zero-order valence-electron chi connectivity index (χ0n) is 9.95. The molecule has 0 fully saturated rings. The second-order valence-corrected chi connectivity index (χ2v) is 3.99. The van der Waals surface area contributed by atoms with Gasteiger partial charge < -0.3 is 18.6 Å². The number of hydrogen-bond donors (Lipinski definition) is 0. The van der Waals surface area contributed by atoms with Crippen molar-refractivity contribution in [3.05, 3.63) is 12.3 Å². The molecule has 0 bridgehead atoms. The molecule has 0 unspecified atom stereocenters. The fourth-order valence-electron chi connectivity index (χ4n) is 1.10. The van der Waals surface area contributed by atoms with Crippen LogP contribution in [0, 0.1) is 0 Å². The predicted octanol–water partition coefficient (Wildman–Crippen LogP) is 0.994. The molecule has 0 aromatic carbocycles. The van der Waals surface area contributed by atoms with Crippen molar-refractivity contribution in [2.45, 2.75) is 26.7 Å². The molecule has 0 spiro atoms. The highest BCUT2D eigenvalue weighted by atomic mass is 28.2. The van der Waals surface area contributed by atoms with E-state index < -0.39 is 15.7 Å². The summed E-state index contributed by atoms with van der Waals surface area (Å²) >= 11 is 0. The van der Waals surface area contributed by atoms with Crippen molar-refractivity contribution in [2.75, 3.05) is 26.4 Å². The largest absolute Gasteiger partial charge is 0.373 e. The molecular formula is C10H22O4Si. The van der Waals surface area contributed by atoms with Crippen LogP contribution in [0.5, 0.6) is 0 Å². The van der Waals surface area contributed by atoms with Crippen LogP contribution in [-0.4, -0.2) is 42.2 Å². The maximum atomic E-state index is 5.61. The van der Waals surface area contributed by atoms with Crippen LogP contribution in [0.25, 0.3) is 0 Å². The summed E-state index contributed by atoms with van der Waals surface area (Å²) in [5, 5.41) is 0. The van der Waals surface area contributed by atoms with Gasteiger partial charge in [0, 0.05) is 19.8 Å². The highest BCUT2D eigenvalue weighted by Gasteiger charge is 2.32. The van der Waals surface area contributed by atoms with E-state index >= 15 is 0 Å². The van der Waals surface area contributed by atoms with E-state index in [-0.39, 0.29) is 0 Å². The molecule has 0 heterocycles. The topological polar surface area (TPSA) is 36.9 Å². The van der Waals surface area contributed by atoms with Crippen molar-refractivity contribution in [3.8, 4) is 0 Å². The highest BCUT2D eigenvalue weighted by molar-refractivity contribution is 6.34. The molecule has 5 heteroatoms. The number of ether oxygens (including phenoxy) is 3. The average Bonchev–Trinajstić information content (AvgIpc) is 2.24. The molecule has 4 nitrogen and oxygen atoms in total. The lowest BCUT2D eigenvalue weighted by atomic mass is 10.5. The van der Waals surface area contributed by atoms with Gasteiger partial charge >= 0.3 is 0 Å². The molecule has 0 aliphatic carbocycles. The molecule has 0 saturated carbocycles. The SMILES string of the molecule is C=C[SiH2]OC(COCC)(OCC)OCC. The zero-order chi connectivity index (χ0) is 11.6. The second-order valence-electron chi connectivity index (χ2n) is 2.79. The van der Waals surface area contributed by atoms with Gasteiger partial charge in [-0.05, 0) is 20.8 Å². The summed E-state index contributed by atoms with van der Waals surface area (Å²) in [4.78, 5) is 0. The van der Waals surface area contributed by atoms with E-state index in [9.17, 15) is 0 Å². The predicted molar refractivity (Wildman–Crippen MR) is 62.3 cm³/mol. The first-order chi connectivity index (χ1) is 7.24. The third kappa shape index (κ3) is 6.06. The molecule has 0 aliphatic heterocycles. The minimum absolute atomic E-state index is 0.298. The smallest absolute Gasteiger partial charge is 0.298 e. The van der Waals surface area contributed by atoms with Gasteiger partial charge in [-0.3, -0.25) is 0 Å². The van der Waals surface area contributed by atoms with Crippen molar-refractivity contribution >= 4 is 9.76 Å². The van der Waals surface area contributed by atoms with Gasteiger partial charge in [-0.25, -0.2) is 0 Å². The number of rotatable bonds is 10. The monoisotopic (exact) mass is 234 g/mol. The Hall–Kier alpha value is -0.203. The molecule has 0 atom stereocenters. The summed E-state index contributed by atoms with van der Waals surface area (Å²) in [6.45, 7) is 11.3. The second kappa shape index (κ2) is 9.05. The van der Waals surface area contributed by atoms with E-state index in [1.165, 1.54) is 0 Å². The molecular weight excluding hydrogens is 212 g/mol. The normalized spacial score (nSPS) is 12.5. The maximum Gasteiger partial charge on any atom is 0.298 e. The van der Waals surface area contributed by atoms with Crippen LogP contribution in [0.1, 0.15) is 20.8 Å². The molecule has 0 aromatic rings. The molecule has 15 heavy (non-hydrogen) atoms. The van der Waals surface area contributed by atoms with Crippen molar-refractivity contribution in [3.63, 3.8) is 0 Å². The van der Waals surface area contributed by atoms with Crippen molar-refractivity contribution < 1.29 is 18.6 Å². The molecule has 0 aromatic heterocycles. The Morgan fingerprint density at radius 3 is 2.13 bits per heavy atom. The lowest BCUT2D eigenvalue weighted by Crippen LogP contribution is -2.44. The van der Waals surface area contributed by atoms with E-state index in [2.05, 4.69) is 6.58 Å². The molecule has 0 saturated heterocycles. The van der Waals surface area contributed by atoms with E-state index in [1.54, 1.807) is 5.70 Å². The van der Waals surface area contributed by atoms with Gasteiger partial charge in [0.25, 0.3) is 5.97 Å². The minimum atomic E-state index is -1.03. The Bertz CT molecular complexity index is 158. The van der Waals surface area contributed by atoms with E-state index in [0.717, 1.165) is 0 Å². The Balaban J connectivity index is 4.32. The third-order valence-corrected chi connectivity index (χ3v) is 2.47. The van der Waals surface area contributed by atoms with E-state index in [1.807, 2.05) is 20.8 Å². The zero-order valence-corrected chi connectivity index (χ0v) is 11.4. The molecule has 0 N–H and O–H groups in total. The summed E-state index contributed by atoms with van der Waals surface area (Å²) in [5.74, 6) is -1.03. The maximum absolute atomic E-state index is 5.61. The van der Waals surface area contributed by atoms with Crippen LogP contribution in [0.3, 0.4) is 0 Å².